The third-order valence-electron chi connectivity index (χ3n) is 3.19. The summed E-state index contributed by atoms with van der Waals surface area (Å²) in [4.78, 5) is 11.7. The molecular formula is C11H23N3O5S. The zero-order chi connectivity index (χ0) is 15.3. The van der Waals surface area contributed by atoms with Crippen molar-refractivity contribution < 1.29 is 23.1 Å². The lowest BCUT2D eigenvalue weighted by molar-refractivity contribution is -0.146. The number of ether oxygens (including phenoxy) is 1. The highest BCUT2D eigenvalue weighted by atomic mass is 32.2. The monoisotopic (exact) mass is 309 g/mol. The minimum Gasteiger partial charge on any atom is -0.465 e. The fraction of sp³-hybridized carbons (Fsp3) is 0.909. The highest BCUT2D eigenvalue weighted by Crippen LogP contribution is 2.21. The first-order valence-electron chi connectivity index (χ1n) is 6.66. The summed E-state index contributed by atoms with van der Waals surface area (Å²) in [5.74, 6) is -0.532. The smallest absolute Gasteiger partial charge is 0.324 e. The van der Waals surface area contributed by atoms with E-state index >= 15 is 0 Å². The molecule has 1 saturated heterocycles. The summed E-state index contributed by atoms with van der Waals surface area (Å²) >= 11 is 0. The van der Waals surface area contributed by atoms with Gasteiger partial charge in [0.05, 0.1) is 12.7 Å². The molecule has 0 aromatic heterocycles. The molecule has 0 amide bonds. The van der Waals surface area contributed by atoms with Gasteiger partial charge in [0.2, 0.25) is 0 Å². The zero-order valence-corrected chi connectivity index (χ0v) is 12.6. The van der Waals surface area contributed by atoms with Crippen molar-refractivity contribution in [1.82, 2.24) is 9.03 Å². The Morgan fingerprint density at radius 3 is 2.80 bits per heavy atom. The van der Waals surface area contributed by atoms with Crippen molar-refractivity contribution in [2.24, 2.45) is 5.73 Å². The van der Waals surface area contributed by atoms with Crippen molar-refractivity contribution in [1.29, 1.82) is 0 Å². The van der Waals surface area contributed by atoms with Crippen molar-refractivity contribution in [3.05, 3.63) is 0 Å². The minimum absolute atomic E-state index is 0.0912. The SMILES string of the molecule is CCOC(=O)C1CCCN1S(=O)(=O)NCC(N)C(C)O. The fourth-order valence-electron chi connectivity index (χ4n) is 1.96. The van der Waals surface area contributed by atoms with Gasteiger partial charge in [-0.3, -0.25) is 4.79 Å². The van der Waals surface area contributed by atoms with Crippen LogP contribution < -0.4 is 10.5 Å². The summed E-state index contributed by atoms with van der Waals surface area (Å²) in [5, 5.41) is 9.25. The number of nitrogens with one attached hydrogen (secondary N) is 1. The van der Waals surface area contributed by atoms with Crippen molar-refractivity contribution in [3.8, 4) is 0 Å². The van der Waals surface area contributed by atoms with Crippen LogP contribution in [0.1, 0.15) is 26.7 Å². The van der Waals surface area contributed by atoms with Crippen molar-refractivity contribution in [2.75, 3.05) is 19.7 Å². The molecule has 1 heterocycles. The molecule has 1 rings (SSSR count). The van der Waals surface area contributed by atoms with Gasteiger partial charge in [0, 0.05) is 19.1 Å². The molecule has 1 fully saturated rings. The van der Waals surface area contributed by atoms with E-state index in [1.807, 2.05) is 0 Å². The molecule has 1 aliphatic heterocycles. The predicted molar refractivity (Wildman–Crippen MR) is 72.9 cm³/mol. The van der Waals surface area contributed by atoms with Gasteiger partial charge in [-0.25, -0.2) is 4.72 Å². The van der Waals surface area contributed by atoms with E-state index < -0.39 is 34.4 Å². The third kappa shape index (κ3) is 4.38. The lowest BCUT2D eigenvalue weighted by atomic mass is 10.2. The van der Waals surface area contributed by atoms with Gasteiger partial charge in [-0.1, -0.05) is 0 Å². The summed E-state index contributed by atoms with van der Waals surface area (Å²) < 4.78 is 32.6. The number of aliphatic hydroxyl groups is 1. The molecule has 4 N–H and O–H groups in total. The number of esters is 1. The summed E-state index contributed by atoms with van der Waals surface area (Å²) in [6.07, 6.45) is 0.229. The predicted octanol–water partition coefficient (Wildman–Crippen LogP) is -1.44. The molecule has 0 radical (unpaired) electrons. The number of hydrogen-bond donors (Lipinski definition) is 3. The van der Waals surface area contributed by atoms with Gasteiger partial charge in [0.25, 0.3) is 10.2 Å². The van der Waals surface area contributed by atoms with Gasteiger partial charge in [0.15, 0.2) is 0 Å². The van der Waals surface area contributed by atoms with Crippen molar-refractivity contribution >= 4 is 16.2 Å². The fourth-order valence-corrected chi connectivity index (χ4v) is 3.42. The maximum atomic E-state index is 12.1. The molecule has 0 aromatic carbocycles. The van der Waals surface area contributed by atoms with E-state index in [4.69, 9.17) is 10.5 Å². The Morgan fingerprint density at radius 1 is 1.60 bits per heavy atom. The zero-order valence-electron chi connectivity index (χ0n) is 11.8. The Kier molecular flexibility index (Phi) is 6.34. The van der Waals surface area contributed by atoms with Crippen molar-refractivity contribution in [3.63, 3.8) is 0 Å². The second-order valence-electron chi connectivity index (χ2n) is 4.78. The van der Waals surface area contributed by atoms with Gasteiger partial charge in [0.1, 0.15) is 6.04 Å². The van der Waals surface area contributed by atoms with Crippen molar-refractivity contribution in [2.45, 2.75) is 44.9 Å². The molecule has 8 nitrogen and oxygen atoms in total. The van der Waals surface area contributed by atoms with E-state index in [9.17, 15) is 18.3 Å². The van der Waals surface area contributed by atoms with E-state index in [0.29, 0.717) is 12.8 Å². The molecule has 1 aliphatic rings. The summed E-state index contributed by atoms with van der Waals surface area (Å²) in [6.45, 7) is 3.54. The first-order chi connectivity index (χ1) is 9.29. The molecule has 0 aliphatic carbocycles. The normalized spacial score (nSPS) is 23.5. The number of aliphatic hydroxyl groups excluding tert-OH is 1. The number of hydrogen-bond acceptors (Lipinski definition) is 6. The van der Waals surface area contributed by atoms with Crippen LogP contribution in [0, 0.1) is 0 Å². The van der Waals surface area contributed by atoms with Crippen LogP contribution in [0.25, 0.3) is 0 Å². The van der Waals surface area contributed by atoms with Crippen LogP contribution in [-0.4, -0.2) is 61.7 Å². The molecule has 3 atom stereocenters. The van der Waals surface area contributed by atoms with E-state index in [2.05, 4.69) is 4.72 Å². The highest BCUT2D eigenvalue weighted by molar-refractivity contribution is 7.87. The van der Waals surface area contributed by atoms with E-state index in [0.717, 1.165) is 4.31 Å². The van der Waals surface area contributed by atoms with Gasteiger partial charge < -0.3 is 15.6 Å². The third-order valence-corrected chi connectivity index (χ3v) is 4.78. The molecule has 0 spiro atoms. The second-order valence-corrected chi connectivity index (χ2v) is 6.49. The van der Waals surface area contributed by atoms with Crippen LogP contribution in [0.5, 0.6) is 0 Å². The number of nitrogens with two attached hydrogens (primary N) is 1. The Bertz CT molecular complexity index is 426. The highest BCUT2D eigenvalue weighted by Gasteiger charge is 2.39. The largest absolute Gasteiger partial charge is 0.465 e. The average molecular weight is 309 g/mol. The van der Waals surface area contributed by atoms with Gasteiger partial charge in [-0.15, -0.1) is 0 Å². The Hall–Kier alpha value is -0.740. The minimum atomic E-state index is -3.81. The Labute approximate surface area is 119 Å². The van der Waals surface area contributed by atoms with Crippen LogP contribution in [0.3, 0.4) is 0 Å². The number of carbonyl (C=O) groups excluding carboxylic acids is 1. The van der Waals surface area contributed by atoms with Gasteiger partial charge in [-0.2, -0.15) is 12.7 Å². The number of carbonyl (C=O) groups is 1. The first-order valence-corrected chi connectivity index (χ1v) is 8.10. The van der Waals surface area contributed by atoms with Gasteiger partial charge in [-0.05, 0) is 26.7 Å². The molecule has 0 aromatic rings. The Balaban J connectivity index is 2.68. The van der Waals surface area contributed by atoms with Crippen LogP contribution in [0.4, 0.5) is 0 Å². The lowest BCUT2D eigenvalue weighted by Crippen LogP contribution is -2.51. The molecule has 118 valence electrons. The molecule has 3 unspecified atom stereocenters. The van der Waals surface area contributed by atoms with Crippen LogP contribution in [-0.2, 0) is 19.7 Å². The quantitative estimate of drug-likeness (QED) is 0.495. The van der Waals surface area contributed by atoms with Crippen LogP contribution in [0.15, 0.2) is 0 Å². The van der Waals surface area contributed by atoms with Crippen LogP contribution in [0.2, 0.25) is 0 Å². The summed E-state index contributed by atoms with van der Waals surface area (Å²) in [7, 11) is -3.81. The molecule has 0 saturated carbocycles. The maximum absolute atomic E-state index is 12.1. The molecular weight excluding hydrogens is 286 g/mol. The van der Waals surface area contributed by atoms with E-state index in [1.54, 1.807) is 6.92 Å². The number of nitrogens with zero attached hydrogens (tertiary/aromatic N) is 1. The van der Waals surface area contributed by atoms with E-state index in [-0.39, 0.29) is 19.7 Å². The standard InChI is InChI=1S/C11H23N3O5S/c1-3-19-11(16)10-5-4-6-14(10)20(17,18)13-7-9(12)8(2)15/h8-10,13,15H,3-7,12H2,1-2H3. The maximum Gasteiger partial charge on any atom is 0.324 e. The number of rotatable bonds is 7. The Morgan fingerprint density at radius 2 is 2.25 bits per heavy atom. The summed E-state index contributed by atoms with van der Waals surface area (Å²) in [6, 6.07) is -1.48. The topological polar surface area (TPSA) is 122 Å². The second kappa shape index (κ2) is 7.32. The molecule has 9 heteroatoms. The first kappa shape index (κ1) is 17.3. The molecule has 20 heavy (non-hydrogen) atoms. The average Bonchev–Trinajstić information content (AvgIpc) is 2.86. The molecule has 0 bridgehead atoms. The lowest BCUT2D eigenvalue weighted by Gasteiger charge is -2.24. The van der Waals surface area contributed by atoms with Crippen LogP contribution >= 0.6 is 0 Å². The van der Waals surface area contributed by atoms with E-state index in [1.165, 1.54) is 6.92 Å². The summed E-state index contributed by atoms with van der Waals surface area (Å²) in [5.41, 5.74) is 5.58. The van der Waals surface area contributed by atoms with Gasteiger partial charge >= 0.3 is 5.97 Å².